The Balaban J connectivity index is 1.83. The predicted octanol–water partition coefficient (Wildman–Crippen LogP) is 5.63. The van der Waals surface area contributed by atoms with E-state index in [1.165, 1.54) is 23.4 Å². The Morgan fingerprint density at radius 2 is 1.86 bits per heavy atom. The van der Waals surface area contributed by atoms with E-state index in [0.717, 1.165) is 24.8 Å². The van der Waals surface area contributed by atoms with Crippen LogP contribution in [0.25, 0.3) is 0 Å². The molecule has 0 spiro atoms. The predicted molar refractivity (Wildman–Crippen MR) is 87.7 cm³/mol. The van der Waals surface area contributed by atoms with Crippen LogP contribution in [-0.2, 0) is 19.0 Å². The maximum atomic E-state index is 12.6. The zero-order valence-corrected chi connectivity index (χ0v) is 14.0. The fraction of sp³-hybridized carbons (Fsp3) is 0.333. The molecule has 0 saturated carbocycles. The number of rotatable bonds is 2. The largest absolute Gasteiger partial charge is 0.416 e. The first-order valence-corrected chi connectivity index (χ1v) is 9.96. The number of fused-ring (bicyclic) bond motifs is 1. The van der Waals surface area contributed by atoms with E-state index in [9.17, 15) is 13.2 Å². The number of hydrogen-bond acceptors (Lipinski definition) is 1. The van der Waals surface area contributed by atoms with Gasteiger partial charge in [-0.05, 0) is 54.5 Å². The highest BCUT2D eigenvalue weighted by Crippen LogP contribution is 2.37. The molecule has 1 aromatic carbocycles. The summed E-state index contributed by atoms with van der Waals surface area (Å²) in [4.78, 5) is 0. The third-order valence-electron chi connectivity index (χ3n) is 4.03. The number of aromatic nitrogens is 1. The highest BCUT2D eigenvalue weighted by Gasteiger charge is 2.30. The van der Waals surface area contributed by atoms with E-state index < -0.39 is 11.7 Å². The van der Waals surface area contributed by atoms with Crippen LogP contribution in [-0.4, -0.2) is 3.97 Å². The van der Waals surface area contributed by atoms with Gasteiger partial charge in [0.05, 0.1) is 5.56 Å². The molecule has 0 aliphatic heterocycles. The van der Waals surface area contributed by atoms with Gasteiger partial charge in [-0.3, -0.25) is 3.97 Å². The summed E-state index contributed by atoms with van der Waals surface area (Å²) < 4.78 is 40.0. The van der Waals surface area contributed by atoms with Crippen LogP contribution in [0, 0.1) is 0 Å². The van der Waals surface area contributed by atoms with E-state index in [1.54, 1.807) is 21.3 Å². The van der Waals surface area contributed by atoms with Crippen LogP contribution in [0.15, 0.2) is 36.5 Å². The van der Waals surface area contributed by atoms with Crippen molar-refractivity contribution in [3.05, 3.63) is 58.9 Å². The number of benzene rings is 1. The van der Waals surface area contributed by atoms with E-state index in [2.05, 4.69) is 37.4 Å². The Kier molecular flexibility index (Phi) is 4.27. The molecule has 1 heterocycles. The van der Waals surface area contributed by atoms with Gasteiger partial charge in [0.1, 0.15) is 0 Å². The summed E-state index contributed by atoms with van der Waals surface area (Å²) in [5.41, 5.74) is 3.08. The third kappa shape index (κ3) is 3.11. The minimum Gasteiger partial charge on any atom is -0.287 e. The summed E-state index contributed by atoms with van der Waals surface area (Å²) in [5, 5.41) is 0. The van der Waals surface area contributed by atoms with Gasteiger partial charge in [0.25, 0.3) is 0 Å². The second-order valence-electron chi connectivity index (χ2n) is 5.24. The molecule has 0 amide bonds. The quantitative estimate of drug-likeness (QED) is 0.568. The molecular weight excluding hydrogens is 410 g/mol. The summed E-state index contributed by atoms with van der Waals surface area (Å²) in [5.74, 6) is 0.303. The molecule has 2 aromatic rings. The molecule has 0 radical (unpaired) electrons. The number of aryl methyl sites for hydroxylation is 1. The van der Waals surface area contributed by atoms with Crippen LogP contribution in [0.3, 0.4) is 0 Å². The van der Waals surface area contributed by atoms with Gasteiger partial charge in [0, 0.05) is 42.2 Å². The fourth-order valence-electron chi connectivity index (χ4n) is 2.89. The molecule has 21 heavy (non-hydrogen) atoms. The molecule has 6 heteroatoms. The molecule has 1 aliphatic rings. The molecular formula is C15H13F3INS. The number of alkyl halides is 3. The summed E-state index contributed by atoms with van der Waals surface area (Å²) in [6.07, 6.45) is 0.685. The molecule has 0 N–H and O–H groups in total. The Labute approximate surface area is 137 Å². The monoisotopic (exact) mass is 423 g/mol. The molecule has 3 rings (SSSR count). The molecule has 1 aromatic heterocycles. The van der Waals surface area contributed by atoms with E-state index in [1.807, 2.05) is 0 Å². The van der Waals surface area contributed by atoms with Crippen molar-refractivity contribution < 1.29 is 13.2 Å². The lowest BCUT2D eigenvalue weighted by Crippen LogP contribution is -2.14. The zero-order valence-electron chi connectivity index (χ0n) is 11.0. The summed E-state index contributed by atoms with van der Waals surface area (Å²) >= 11 is 2.25. The first-order chi connectivity index (χ1) is 9.99. The van der Waals surface area contributed by atoms with Gasteiger partial charge in [-0.1, -0.05) is 12.1 Å². The van der Waals surface area contributed by atoms with Crippen LogP contribution in [0.4, 0.5) is 13.2 Å². The van der Waals surface area contributed by atoms with Crippen LogP contribution in [0.2, 0.25) is 0 Å². The van der Waals surface area contributed by atoms with Gasteiger partial charge in [0.15, 0.2) is 0 Å². The van der Waals surface area contributed by atoms with Crippen molar-refractivity contribution in [2.75, 3.05) is 0 Å². The normalized spacial score (nSPS) is 18.6. The van der Waals surface area contributed by atoms with Crippen LogP contribution < -0.4 is 0 Å². The van der Waals surface area contributed by atoms with E-state index in [4.69, 9.17) is 0 Å². The molecule has 0 bridgehead atoms. The SMILES string of the molecule is FC(F)(F)c1ccc(C2CCc3ccn(SI)c3C2)cc1. The average molecular weight is 423 g/mol. The molecule has 1 unspecified atom stereocenters. The topological polar surface area (TPSA) is 4.93 Å². The van der Waals surface area contributed by atoms with E-state index in [-0.39, 0.29) is 0 Å². The van der Waals surface area contributed by atoms with E-state index >= 15 is 0 Å². The number of hydrogen-bond donors (Lipinski definition) is 0. The zero-order chi connectivity index (χ0) is 15.0. The van der Waals surface area contributed by atoms with Crippen LogP contribution >= 0.6 is 30.3 Å². The fourth-order valence-corrected chi connectivity index (χ4v) is 4.38. The van der Waals surface area contributed by atoms with Crippen molar-refractivity contribution in [1.29, 1.82) is 0 Å². The molecule has 1 nitrogen and oxygen atoms in total. The molecule has 1 aliphatic carbocycles. The Morgan fingerprint density at radius 1 is 1.14 bits per heavy atom. The van der Waals surface area contributed by atoms with Crippen LogP contribution in [0.5, 0.6) is 0 Å². The Bertz CT molecular complexity index is 620. The second-order valence-corrected chi connectivity index (χ2v) is 6.96. The lowest BCUT2D eigenvalue weighted by atomic mass is 9.83. The van der Waals surface area contributed by atoms with Gasteiger partial charge in [-0.2, -0.15) is 13.2 Å². The van der Waals surface area contributed by atoms with Gasteiger partial charge in [-0.15, -0.1) is 0 Å². The molecule has 1 atom stereocenters. The van der Waals surface area contributed by atoms with Gasteiger partial charge in [-0.25, -0.2) is 0 Å². The van der Waals surface area contributed by atoms with Crippen molar-refractivity contribution in [2.45, 2.75) is 31.4 Å². The first kappa shape index (κ1) is 15.3. The van der Waals surface area contributed by atoms with Crippen molar-refractivity contribution in [2.24, 2.45) is 0 Å². The van der Waals surface area contributed by atoms with Crippen LogP contribution in [0.1, 0.15) is 34.7 Å². The summed E-state index contributed by atoms with van der Waals surface area (Å²) in [7, 11) is 1.63. The summed E-state index contributed by atoms with van der Waals surface area (Å²) in [6, 6.07) is 7.78. The Morgan fingerprint density at radius 3 is 2.48 bits per heavy atom. The highest BCUT2D eigenvalue weighted by molar-refractivity contribution is 14.2. The number of nitrogens with zero attached hydrogens (tertiary/aromatic N) is 1. The van der Waals surface area contributed by atoms with Crippen molar-refractivity contribution in [3.63, 3.8) is 0 Å². The van der Waals surface area contributed by atoms with Crippen molar-refractivity contribution in [3.8, 4) is 0 Å². The van der Waals surface area contributed by atoms with Gasteiger partial charge in [0.2, 0.25) is 0 Å². The van der Waals surface area contributed by atoms with Crippen molar-refractivity contribution >= 4 is 30.3 Å². The first-order valence-electron chi connectivity index (χ1n) is 6.64. The minimum absolute atomic E-state index is 0.303. The lowest BCUT2D eigenvalue weighted by Gasteiger charge is -2.24. The maximum absolute atomic E-state index is 12.6. The van der Waals surface area contributed by atoms with Crippen molar-refractivity contribution in [1.82, 2.24) is 3.97 Å². The summed E-state index contributed by atoms with van der Waals surface area (Å²) in [6.45, 7) is 0. The average Bonchev–Trinajstić information content (AvgIpc) is 2.88. The van der Waals surface area contributed by atoms with E-state index in [0.29, 0.717) is 5.92 Å². The molecule has 0 fully saturated rings. The highest BCUT2D eigenvalue weighted by atomic mass is 127. The Hall–Kier alpha value is -0.630. The van der Waals surface area contributed by atoms with Gasteiger partial charge >= 0.3 is 6.18 Å². The molecule has 0 saturated heterocycles. The minimum atomic E-state index is -4.26. The third-order valence-corrected chi connectivity index (χ3v) is 5.80. The standard InChI is InChI=1S/C15H13F3INS/c16-15(17,18)13-5-3-10(4-6-13)12-2-1-11-7-8-20(21-19)14(11)9-12/h3-8,12H,1-2,9H2. The maximum Gasteiger partial charge on any atom is 0.416 e. The lowest BCUT2D eigenvalue weighted by molar-refractivity contribution is -0.137. The van der Waals surface area contributed by atoms with Gasteiger partial charge < -0.3 is 0 Å². The second kappa shape index (κ2) is 5.87. The smallest absolute Gasteiger partial charge is 0.287 e. The molecule has 112 valence electrons. The number of halogens is 4.